The van der Waals surface area contributed by atoms with Gasteiger partial charge in [0.2, 0.25) is 5.91 Å². The Morgan fingerprint density at radius 2 is 2.00 bits per heavy atom. The van der Waals surface area contributed by atoms with Crippen LogP contribution in [0.15, 0.2) is 24.3 Å². The molecule has 0 aliphatic carbocycles. The molecule has 1 amide bonds. The molecule has 4 nitrogen and oxygen atoms in total. The molecule has 0 aliphatic heterocycles. The predicted octanol–water partition coefficient (Wildman–Crippen LogP) is 1.37. The quantitative estimate of drug-likeness (QED) is 0.789. The van der Waals surface area contributed by atoms with E-state index in [2.05, 4.69) is 5.32 Å². The van der Waals surface area contributed by atoms with Crippen molar-refractivity contribution in [2.45, 2.75) is 25.9 Å². The van der Waals surface area contributed by atoms with Crippen LogP contribution in [0.1, 0.15) is 12.5 Å². The molecule has 0 aromatic heterocycles. The normalized spacial score (nSPS) is 12.3. The summed E-state index contributed by atoms with van der Waals surface area (Å²) in [5.41, 5.74) is 0.743. The highest BCUT2D eigenvalue weighted by molar-refractivity contribution is 5.78. The van der Waals surface area contributed by atoms with E-state index in [4.69, 9.17) is 9.84 Å². The highest BCUT2D eigenvalue weighted by atomic mass is 19.3. The molecule has 2 N–H and O–H groups in total. The van der Waals surface area contributed by atoms with Gasteiger partial charge in [-0.25, -0.2) is 8.78 Å². The monoisotopic (exact) mass is 273 g/mol. The third kappa shape index (κ3) is 5.65. The van der Waals surface area contributed by atoms with Crippen LogP contribution in [-0.2, 0) is 11.2 Å². The molecule has 0 radical (unpaired) electrons. The number of nitrogens with one attached hydrogen (secondary N) is 1. The number of carbonyl (C=O) groups is 1. The minimum absolute atomic E-state index is 0.0718. The summed E-state index contributed by atoms with van der Waals surface area (Å²) in [6.45, 7) is 1.98. The topological polar surface area (TPSA) is 58.6 Å². The Balaban J connectivity index is 2.39. The van der Waals surface area contributed by atoms with Crippen molar-refractivity contribution < 1.29 is 23.4 Å². The summed E-state index contributed by atoms with van der Waals surface area (Å²) in [6.07, 6.45) is -4.61. The first kappa shape index (κ1) is 15.4. The molecule has 0 fully saturated rings. The van der Waals surface area contributed by atoms with E-state index in [-0.39, 0.29) is 6.42 Å². The molecule has 1 aromatic carbocycles. The van der Waals surface area contributed by atoms with Crippen LogP contribution in [0.3, 0.4) is 0 Å². The SMILES string of the molecule is CCOc1ccc(CC(=O)NCC(O)C(F)F)cc1. The Hall–Kier alpha value is -1.69. The highest BCUT2D eigenvalue weighted by Crippen LogP contribution is 2.12. The molecule has 6 heteroatoms. The maximum atomic E-state index is 12.0. The van der Waals surface area contributed by atoms with E-state index in [0.717, 1.165) is 5.56 Å². The van der Waals surface area contributed by atoms with Crippen LogP contribution in [0, 0.1) is 0 Å². The maximum absolute atomic E-state index is 12.0. The first-order valence-corrected chi connectivity index (χ1v) is 5.97. The lowest BCUT2D eigenvalue weighted by molar-refractivity contribution is -0.121. The number of hydrogen-bond donors (Lipinski definition) is 2. The van der Waals surface area contributed by atoms with Gasteiger partial charge in [0.25, 0.3) is 6.43 Å². The number of rotatable bonds is 7. The summed E-state index contributed by atoms with van der Waals surface area (Å²) < 4.78 is 29.3. The molecule has 0 saturated heterocycles. The Labute approximate surface area is 110 Å². The number of carbonyl (C=O) groups excluding carboxylic acids is 1. The largest absolute Gasteiger partial charge is 0.494 e. The fraction of sp³-hybridized carbons (Fsp3) is 0.462. The molecule has 0 spiro atoms. The Kier molecular flexibility index (Phi) is 6.21. The van der Waals surface area contributed by atoms with Crippen LogP contribution in [0.4, 0.5) is 8.78 Å². The second-order valence-electron chi connectivity index (χ2n) is 3.96. The van der Waals surface area contributed by atoms with E-state index in [0.29, 0.717) is 12.4 Å². The number of aliphatic hydroxyl groups excluding tert-OH is 1. The molecule has 0 aliphatic rings. The summed E-state index contributed by atoms with van der Waals surface area (Å²) in [5.74, 6) is 0.295. The van der Waals surface area contributed by atoms with Gasteiger partial charge in [-0.15, -0.1) is 0 Å². The number of halogens is 2. The van der Waals surface area contributed by atoms with Gasteiger partial charge in [-0.05, 0) is 24.6 Å². The second kappa shape index (κ2) is 7.68. The molecule has 0 heterocycles. The van der Waals surface area contributed by atoms with Gasteiger partial charge in [-0.2, -0.15) is 0 Å². The minimum Gasteiger partial charge on any atom is -0.494 e. The van der Waals surface area contributed by atoms with Gasteiger partial charge in [-0.1, -0.05) is 12.1 Å². The van der Waals surface area contributed by atoms with Crippen molar-refractivity contribution in [1.29, 1.82) is 0 Å². The molecular formula is C13H17F2NO3. The van der Waals surface area contributed by atoms with Gasteiger partial charge < -0.3 is 15.2 Å². The lowest BCUT2D eigenvalue weighted by Gasteiger charge is -2.10. The number of hydrogen-bond acceptors (Lipinski definition) is 3. The third-order valence-electron chi connectivity index (χ3n) is 2.40. The number of amides is 1. The van der Waals surface area contributed by atoms with Crippen molar-refractivity contribution in [2.75, 3.05) is 13.2 Å². The number of alkyl halides is 2. The molecule has 1 aromatic rings. The lowest BCUT2D eigenvalue weighted by atomic mass is 10.1. The van der Waals surface area contributed by atoms with E-state index in [1.165, 1.54) is 0 Å². The van der Waals surface area contributed by atoms with Crippen LogP contribution in [-0.4, -0.2) is 36.7 Å². The summed E-state index contributed by atoms with van der Waals surface area (Å²) in [4.78, 5) is 11.5. The zero-order valence-corrected chi connectivity index (χ0v) is 10.6. The van der Waals surface area contributed by atoms with E-state index in [9.17, 15) is 13.6 Å². The fourth-order valence-electron chi connectivity index (χ4n) is 1.43. The molecule has 1 unspecified atom stereocenters. The van der Waals surface area contributed by atoms with Gasteiger partial charge in [0.15, 0.2) is 0 Å². The van der Waals surface area contributed by atoms with Crippen molar-refractivity contribution in [3.63, 3.8) is 0 Å². The van der Waals surface area contributed by atoms with Crippen LogP contribution in [0.25, 0.3) is 0 Å². The van der Waals surface area contributed by atoms with Gasteiger partial charge >= 0.3 is 0 Å². The van der Waals surface area contributed by atoms with Crippen LogP contribution >= 0.6 is 0 Å². The van der Waals surface area contributed by atoms with Crippen LogP contribution in [0.2, 0.25) is 0 Å². The second-order valence-corrected chi connectivity index (χ2v) is 3.96. The molecule has 0 bridgehead atoms. The van der Waals surface area contributed by atoms with E-state index >= 15 is 0 Å². The zero-order chi connectivity index (χ0) is 14.3. The Bertz CT molecular complexity index is 395. The smallest absolute Gasteiger partial charge is 0.265 e. The lowest BCUT2D eigenvalue weighted by Crippen LogP contribution is -2.36. The molecule has 19 heavy (non-hydrogen) atoms. The van der Waals surface area contributed by atoms with Crippen LogP contribution < -0.4 is 10.1 Å². The average molecular weight is 273 g/mol. The maximum Gasteiger partial charge on any atom is 0.265 e. The predicted molar refractivity (Wildman–Crippen MR) is 66.3 cm³/mol. The van der Waals surface area contributed by atoms with Gasteiger partial charge in [0, 0.05) is 6.54 Å². The number of aliphatic hydroxyl groups is 1. The average Bonchev–Trinajstić information content (AvgIpc) is 2.38. The summed E-state index contributed by atoms with van der Waals surface area (Å²) in [6, 6.07) is 6.93. The molecule has 1 rings (SSSR count). The van der Waals surface area contributed by atoms with Gasteiger partial charge in [-0.3, -0.25) is 4.79 Å². The summed E-state index contributed by atoms with van der Waals surface area (Å²) in [7, 11) is 0. The number of benzene rings is 1. The summed E-state index contributed by atoms with van der Waals surface area (Å²) in [5, 5.41) is 11.1. The van der Waals surface area contributed by atoms with E-state index in [1.54, 1.807) is 24.3 Å². The van der Waals surface area contributed by atoms with Crippen molar-refractivity contribution in [3.8, 4) is 5.75 Å². The third-order valence-corrected chi connectivity index (χ3v) is 2.40. The van der Waals surface area contributed by atoms with Crippen molar-refractivity contribution >= 4 is 5.91 Å². The molecular weight excluding hydrogens is 256 g/mol. The van der Waals surface area contributed by atoms with Crippen molar-refractivity contribution in [2.24, 2.45) is 0 Å². The number of ether oxygens (including phenoxy) is 1. The van der Waals surface area contributed by atoms with Gasteiger partial charge in [0.1, 0.15) is 11.9 Å². The van der Waals surface area contributed by atoms with Crippen molar-refractivity contribution in [3.05, 3.63) is 29.8 Å². The fourth-order valence-corrected chi connectivity index (χ4v) is 1.43. The Morgan fingerprint density at radius 1 is 1.37 bits per heavy atom. The molecule has 1 atom stereocenters. The molecule has 106 valence electrons. The first-order chi connectivity index (χ1) is 9.02. The highest BCUT2D eigenvalue weighted by Gasteiger charge is 2.17. The van der Waals surface area contributed by atoms with Crippen LogP contribution in [0.5, 0.6) is 5.75 Å². The van der Waals surface area contributed by atoms with E-state index < -0.39 is 25.0 Å². The summed E-state index contributed by atoms with van der Waals surface area (Å²) >= 11 is 0. The van der Waals surface area contributed by atoms with Gasteiger partial charge in [0.05, 0.1) is 13.0 Å². The van der Waals surface area contributed by atoms with Crippen molar-refractivity contribution in [1.82, 2.24) is 5.32 Å². The Morgan fingerprint density at radius 3 is 2.53 bits per heavy atom. The van der Waals surface area contributed by atoms with E-state index in [1.807, 2.05) is 6.92 Å². The standard InChI is InChI=1S/C13H17F2NO3/c1-2-19-10-5-3-9(4-6-10)7-12(18)16-8-11(17)13(14)15/h3-6,11,13,17H,2,7-8H2,1H3,(H,16,18). The zero-order valence-electron chi connectivity index (χ0n) is 10.6. The molecule has 0 saturated carbocycles. The first-order valence-electron chi connectivity index (χ1n) is 5.97. The minimum atomic E-state index is -2.86.